The summed E-state index contributed by atoms with van der Waals surface area (Å²) in [6, 6.07) is 0. The highest BCUT2D eigenvalue weighted by Crippen LogP contribution is 2.30. The molecule has 94 valence electrons. The zero-order valence-corrected chi connectivity index (χ0v) is 11.5. The van der Waals surface area contributed by atoms with Crippen LogP contribution in [-0.2, 0) is 4.79 Å². The Labute approximate surface area is 101 Å². The van der Waals surface area contributed by atoms with Crippen LogP contribution in [0.3, 0.4) is 0 Å². The number of ketones is 1. The quantitative estimate of drug-likeness (QED) is 0.682. The molecule has 16 heavy (non-hydrogen) atoms. The van der Waals surface area contributed by atoms with Gasteiger partial charge in [0.15, 0.2) is 0 Å². The van der Waals surface area contributed by atoms with E-state index in [4.69, 9.17) is 0 Å². The molecule has 0 aliphatic heterocycles. The second-order valence-electron chi connectivity index (χ2n) is 6.86. The summed E-state index contributed by atoms with van der Waals surface area (Å²) in [5, 5.41) is 0. The first-order valence-electron chi connectivity index (χ1n) is 6.91. The fourth-order valence-corrected chi connectivity index (χ4v) is 2.99. The van der Waals surface area contributed by atoms with E-state index in [0.29, 0.717) is 17.1 Å². The monoisotopic (exact) mass is 224 g/mol. The first-order valence-corrected chi connectivity index (χ1v) is 6.91. The van der Waals surface area contributed by atoms with Crippen LogP contribution in [0.25, 0.3) is 0 Å². The van der Waals surface area contributed by atoms with Crippen LogP contribution in [0.5, 0.6) is 0 Å². The summed E-state index contributed by atoms with van der Waals surface area (Å²) in [6.07, 6.45) is 8.04. The van der Waals surface area contributed by atoms with E-state index in [2.05, 4.69) is 27.7 Å². The summed E-state index contributed by atoms with van der Waals surface area (Å²) >= 11 is 0. The number of hydrogen-bond donors (Lipinski definition) is 0. The molecule has 0 aromatic rings. The fourth-order valence-electron chi connectivity index (χ4n) is 2.99. The standard InChI is InChI=1S/C15H28O/c1-12(11-15(2,3)4)9-10-13-7-5-6-8-14(13)16/h12-13H,5-11H2,1-4H3. The number of carbonyl (C=O) groups excluding carboxylic acids is 1. The molecular weight excluding hydrogens is 196 g/mol. The summed E-state index contributed by atoms with van der Waals surface area (Å²) in [5.74, 6) is 1.69. The average molecular weight is 224 g/mol. The molecule has 0 N–H and O–H groups in total. The smallest absolute Gasteiger partial charge is 0.135 e. The highest BCUT2D eigenvalue weighted by Gasteiger charge is 2.23. The third kappa shape index (κ3) is 5.14. The van der Waals surface area contributed by atoms with Gasteiger partial charge in [-0.15, -0.1) is 0 Å². The second-order valence-corrected chi connectivity index (χ2v) is 6.86. The predicted octanol–water partition coefficient (Wildman–Crippen LogP) is 4.60. The highest BCUT2D eigenvalue weighted by molar-refractivity contribution is 5.81. The Balaban J connectivity index is 2.25. The topological polar surface area (TPSA) is 17.1 Å². The Bertz CT molecular complexity index is 224. The Hall–Kier alpha value is -0.330. The molecule has 1 heteroatoms. The maximum atomic E-state index is 11.7. The molecule has 0 aromatic carbocycles. The van der Waals surface area contributed by atoms with Crippen molar-refractivity contribution in [2.45, 2.75) is 72.6 Å². The van der Waals surface area contributed by atoms with Crippen molar-refractivity contribution in [2.75, 3.05) is 0 Å². The average Bonchev–Trinajstić information content (AvgIpc) is 2.14. The van der Waals surface area contributed by atoms with E-state index in [0.717, 1.165) is 31.6 Å². The maximum Gasteiger partial charge on any atom is 0.135 e. The Morgan fingerprint density at radius 1 is 1.31 bits per heavy atom. The molecule has 0 radical (unpaired) electrons. The molecule has 0 aromatic heterocycles. The fraction of sp³-hybridized carbons (Fsp3) is 0.933. The number of Topliss-reactive ketones (excluding diaryl/α,β-unsaturated/α-hetero) is 1. The number of hydrogen-bond acceptors (Lipinski definition) is 1. The lowest BCUT2D eigenvalue weighted by Crippen LogP contribution is -2.20. The third-order valence-electron chi connectivity index (χ3n) is 3.65. The van der Waals surface area contributed by atoms with Gasteiger partial charge in [0.25, 0.3) is 0 Å². The van der Waals surface area contributed by atoms with Crippen molar-refractivity contribution in [1.29, 1.82) is 0 Å². The molecule has 1 aliphatic rings. The minimum atomic E-state index is 0.399. The Kier molecular flexibility index (Phi) is 5.01. The largest absolute Gasteiger partial charge is 0.299 e. The van der Waals surface area contributed by atoms with Crippen molar-refractivity contribution >= 4 is 5.78 Å². The molecule has 1 aliphatic carbocycles. The minimum absolute atomic E-state index is 0.399. The van der Waals surface area contributed by atoms with Crippen molar-refractivity contribution in [2.24, 2.45) is 17.3 Å². The lowest BCUT2D eigenvalue weighted by Gasteiger charge is -2.25. The zero-order valence-electron chi connectivity index (χ0n) is 11.5. The SMILES string of the molecule is CC(CCC1CCCCC1=O)CC(C)(C)C. The molecule has 0 amide bonds. The van der Waals surface area contributed by atoms with E-state index in [-0.39, 0.29) is 0 Å². The molecule has 0 saturated heterocycles. The Morgan fingerprint density at radius 2 is 2.00 bits per heavy atom. The van der Waals surface area contributed by atoms with Crippen molar-refractivity contribution in [3.05, 3.63) is 0 Å². The molecule has 0 heterocycles. The number of rotatable bonds is 4. The van der Waals surface area contributed by atoms with E-state index < -0.39 is 0 Å². The van der Waals surface area contributed by atoms with Gasteiger partial charge < -0.3 is 0 Å². The highest BCUT2D eigenvalue weighted by atomic mass is 16.1. The first kappa shape index (κ1) is 13.7. The summed E-state index contributed by atoms with van der Waals surface area (Å²) in [7, 11) is 0. The molecule has 1 saturated carbocycles. The summed E-state index contributed by atoms with van der Waals surface area (Å²) in [4.78, 5) is 11.7. The van der Waals surface area contributed by atoms with Gasteiger partial charge in [-0.1, -0.05) is 40.5 Å². The van der Waals surface area contributed by atoms with Gasteiger partial charge in [0.1, 0.15) is 5.78 Å². The minimum Gasteiger partial charge on any atom is -0.299 e. The van der Waals surface area contributed by atoms with E-state index in [9.17, 15) is 4.79 Å². The lowest BCUT2D eigenvalue weighted by atomic mass is 9.79. The van der Waals surface area contributed by atoms with Gasteiger partial charge in [0, 0.05) is 12.3 Å². The molecule has 0 bridgehead atoms. The molecule has 2 atom stereocenters. The van der Waals surface area contributed by atoms with Crippen LogP contribution in [0.4, 0.5) is 0 Å². The summed E-state index contributed by atoms with van der Waals surface area (Å²) < 4.78 is 0. The normalized spacial score (nSPS) is 24.5. The first-order chi connectivity index (χ1) is 7.38. The van der Waals surface area contributed by atoms with Crippen molar-refractivity contribution in [3.63, 3.8) is 0 Å². The van der Waals surface area contributed by atoms with Gasteiger partial charge in [0.05, 0.1) is 0 Å². The molecule has 1 nitrogen and oxygen atoms in total. The van der Waals surface area contributed by atoms with E-state index >= 15 is 0 Å². The lowest BCUT2D eigenvalue weighted by molar-refractivity contribution is -0.124. The van der Waals surface area contributed by atoms with E-state index in [1.807, 2.05) is 0 Å². The van der Waals surface area contributed by atoms with Gasteiger partial charge in [-0.25, -0.2) is 0 Å². The van der Waals surface area contributed by atoms with Gasteiger partial charge in [-0.2, -0.15) is 0 Å². The number of carbonyl (C=O) groups is 1. The maximum absolute atomic E-state index is 11.7. The molecule has 2 unspecified atom stereocenters. The van der Waals surface area contributed by atoms with Crippen molar-refractivity contribution in [3.8, 4) is 0 Å². The van der Waals surface area contributed by atoms with Gasteiger partial charge >= 0.3 is 0 Å². The van der Waals surface area contributed by atoms with Crippen LogP contribution in [0.1, 0.15) is 72.6 Å². The van der Waals surface area contributed by atoms with Crippen LogP contribution >= 0.6 is 0 Å². The predicted molar refractivity (Wildman–Crippen MR) is 69.4 cm³/mol. The Morgan fingerprint density at radius 3 is 2.56 bits per heavy atom. The third-order valence-corrected chi connectivity index (χ3v) is 3.65. The van der Waals surface area contributed by atoms with Gasteiger partial charge in [-0.05, 0) is 37.0 Å². The van der Waals surface area contributed by atoms with E-state index in [1.54, 1.807) is 0 Å². The molecular formula is C15H28O. The summed E-state index contributed by atoms with van der Waals surface area (Å²) in [5.41, 5.74) is 0.427. The van der Waals surface area contributed by atoms with Crippen LogP contribution in [0.2, 0.25) is 0 Å². The van der Waals surface area contributed by atoms with Crippen LogP contribution in [0, 0.1) is 17.3 Å². The van der Waals surface area contributed by atoms with Crippen LogP contribution < -0.4 is 0 Å². The van der Waals surface area contributed by atoms with Gasteiger partial charge in [-0.3, -0.25) is 4.79 Å². The van der Waals surface area contributed by atoms with Gasteiger partial charge in [0.2, 0.25) is 0 Å². The van der Waals surface area contributed by atoms with Crippen LogP contribution in [-0.4, -0.2) is 5.78 Å². The van der Waals surface area contributed by atoms with Crippen molar-refractivity contribution in [1.82, 2.24) is 0 Å². The van der Waals surface area contributed by atoms with Crippen molar-refractivity contribution < 1.29 is 4.79 Å². The van der Waals surface area contributed by atoms with Crippen LogP contribution in [0.15, 0.2) is 0 Å². The second kappa shape index (κ2) is 5.84. The molecule has 0 spiro atoms. The zero-order chi connectivity index (χ0) is 12.2. The molecule has 1 fully saturated rings. The van der Waals surface area contributed by atoms with E-state index in [1.165, 1.54) is 19.3 Å². The summed E-state index contributed by atoms with van der Waals surface area (Å²) in [6.45, 7) is 9.23. The molecule has 1 rings (SSSR count).